The number of aryl methyl sites for hydroxylation is 2. The maximum atomic E-state index is 12.1. The molecule has 7 rings (SSSR count). The van der Waals surface area contributed by atoms with Gasteiger partial charge in [-0.3, -0.25) is 4.79 Å². The Morgan fingerprint density at radius 1 is 0.818 bits per heavy atom. The molecule has 2 aromatic carbocycles. The molecule has 2 N–H and O–H groups in total. The highest BCUT2D eigenvalue weighted by Crippen LogP contribution is 2.59. The zero-order chi connectivity index (χ0) is 32.0. The van der Waals surface area contributed by atoms with Crippen molar-refractivity contribution in [1.82, 2.24) is 0 Å². The Hall–Kier alpha value is -2.86. The third-order valence-electron chi connectivity index (χ3n) is 10.2. The smallest absolute Gasteiger partial charge is 0.338 e. The van der Waals surface area contributed by atoms with Gasteiger partial charge in [0.15, 0.2) is 0 Å². The van der Waals surface area contributed by atoms with E-state index in [0.717, 1.165) is 57.8 Å². The molecule has 5 saturated carbocycles. The summed E-state index contributed by atoms with van der Waals surface area (Å²) in [6.07, 6.45) is 13.0. The second kappa shape index (κ2) is 14.5. The number of rotatable bonds is 7. The van der Waals surface area contributed by atoms with Crippen LogP contribution < -0.4 is 0 Å². The Labute approximate surface area is 264 Å². The fourth-order valence-electron chi connectivity index (χ4n) is 7.99. The van der Waals surface area contributed by atoms with E-state index < -0.39 is 5.60 Å². The summed E-state index contributed by atoms with van der Waals surface area (Å²) in [5.74, 6) is 1.14. The number of phenolic OH excluding ortho intramolecular Hbond substituents is 1. The number of aromatic hydroxyl groups is 1. The van der Waals surface area contributed by atoms with Crippen molar-refractivity contribution < 1.29 is 29.3 Å². The van der Waals surface area contributed by atoms with Crippen molar-refractivity contribution in [3.8, 4) is 5.75 Å². The maximum Gasteiger partial charge on any atom is 0.338 e. The summed E-state index contributed by atoms with van der Waals surface area (Å²) in [4.78, 5) is 24.0. The lowest BCUT2D eigenvalue weighted by atomic mass is 9.52. The fourth-order valence-corrected chi connectivity index (χ4v) is 7.99. The molecular formula is C38H54O6. The molecule has 5 aliphatic rings. The van der Waals surface area contributed by atoms with Gasteiger partial charge in [0.2, 0.25) is 0 Å². The van der Waals surface area contributed by atoms with Crippen LogP contribution >= 0.6 is 0 Å². The Morgan fingerprint density at radius 3 is 1.80 bits per heavy atom. The molecule has 0 amide bonds. The van der Waals surface area contributed by atoms with Crippen LogP contribution in [-0.2, 0) is 27.1 Å². The maximum absolute atomic E-state index is 12.1. The van der Waals surface area contributed by atoms with Crippen molar-refractivity contribution in [2.75, 3.05) is 0 Å². The Balaban J connectivity index is 0.000000159. The van der Waals surface area contributed by atoms with Gasteiger partial charge in [0.05, 0.1) is 17.1 Å². The van der Waals surface area contributed by atoms with E-state index in [4.69, 9.17) is 14.6 Å². The summed E-state index contributed by atoms with van der Waals surface area (Å²) in [6.45, 7) is 10.1. The second-order valence-corrected chi connectivity index (χ2v) is 14.1. The van der Waals surface area contributed by atoms with Crippen molar-refractivity contribution in [2.45, 2.75) is 135 Å². The van der Waals surface area contributed by atoms with E-state index in [0.29, 0.717) is 29.6 Å². The van der Waals surface area contributed by atoms with Crippen LogP contribution in [0.15, 0.2) is 48.5 Å². The lowest BCUT2D eigenvalue weighted by molar-refractivity contribution is -0.221. The molecule has 0 aromatic heterocycles. The van der Waals surface area contributed by atoms with Crippen LogP contribution in [0.5, 0.6) is 5.75 Å². The molecule has 2 unspecified atom stereocenters. The number of benzene rings is 2. The minimum absolute atomic E-state index is 0.0716. The van der Waals surface area contributed by atoms with E-state index in [-0.39, 0.29) is 29.1 Å². The van der Waals surface area contributed by atoms with Crippen LogP contribution in [0.4, 0.5) is 0 Å². The average Bonchev–Trinajstić information content (AvgIpc) is 3.45. The van der Waals surface area contributed by atoms with Gasteiger partial charge in [-0.2, -0.15) is 0 Å². The van der Waals surface area contributed by atoms with Gasteiger partial charge < -0.3 is 19.7 Å². The van der Waals surface area contributed by atoms with E-state index >= 15 is 0 Å². The van der Waals surface area contributed by atoms with Crippen LogP contribution in [0, 0.1) is 17.8 Å². The second-order valence-electron chi connectivity index (χ2n) is 14.1. The van der Waals surface area contributed by atoms with E-state index in [1.54, 1.807) is 12.1 Å². The zero-order valence-corrected chi connectivity index (χ0v) is 27.6. The van der Waals surface area contributed by atoms with Gasteiger partial charge in [-0.1, -0.05) is 58.9 Å². The van der Waals surface area contributed by atoms with Crippen LogP contribution in [0.3, 0.4) is 0 Å². The van der Waals surface area contributed by atoms with E-state index in [1.165, 1.54) is 30.4 Å². The van der Waals surface area contributed by atoms with Crippen molar-refractivity contribution in [3.05, 3.63) is 65.2 Å². The number of ether oxygens (including phenoxy) is 2. The molecular weight excluding hydrogens is 552 g/mol. The molecule has 6 heteroatoms. The molecule has 5 aliphatic carbocycles. The van der Waals surface area contributed by atoms with Crippen LogP contribution in [0.2, 0.25) is 0 Å². The number of hydrogen-bond donors (Lipinski definition) is 2. The van der Waals surface area contributed by atoms with E-state index in [1.807, 2.05) is 50.2 Å². The first-order valence-corrected chi connectivity index (χ1v) is 17.0. The molecule has 242 valence electrons. The lowest BCUT2D eigenvalue weighted by Gasteiger charge is -2.59. The van der Waals surface area contributed by atoms with Gasteiger partial charge in [0.1, 0.15) is 17.0 Å². The highest BCUT2D eigenvalue weighted by atomic mass is 16.6. The molecule has 0 radical (unpaired) electrons. The number of aliphatic hydroxyl groups is 1. The van der Waals surface area contributed by atoms with Crippen molar-refractivity contribution >= 4 is 11.9 Å². The summed E-state index contributed by atoms with van der Waals surface area (Å²) >= 11 is 0. The first-order valence-electron chi connectivity index (χ1n) is 17.0. The topological polar surface area (TPSA) is 93.1 Å². The Bertz CT molecular complexity index is 1210. The molecule has 0 aliphatic heterocycles. The number of hydrogen-bond acceptors (Lipinski definition) is 6. The molecule has 0 heterocycles. The molecule has 2 aromatic rings. The van der Waals surface area contributed by atoms with Gasteiger partial charge in [-0.25, -0.2) is 4.79 Å². The van der Waals surface area contributed by atoms with Crippen molar-refractivity contribution in [2.24, 2.45) is 17.8 Å². The molecule has 0 spiro atoms. The zero-order valence-electron chi connectivity index (χ0n) is 27.6. The number of esters is 2. The van der Waals surface area contributed by atoms with Crippen LogP contribution in [0.25, 0.3) is 0 Å². The van der Waals surface area contributed by atoms with Crippen LogP contribution in [-0.4, -0.2) is 39.0 Å². The summed E-state index contributed by atoms with van der Waals surface area (Å²) in [5.41, 5.74) is 2.11. The van der Waals surface area contributed by atoms with Gasteiger partial charge in [-0.15, -0.1) is 0 Å². The molecule has 6 nitrogen and oxygen atoms in total. The number of carbonyl (C=O) groups is 2. The summed E-state index contributed by atoms with van der Waals surface area (Å²) in [7, 11) is 0. The minimum atomic E-state index is -0.540. The first-order chi connectivity index (χ1) is 20.9. The predicted octanol–water partition coefficient (Wildman–Crippen LogP) is 8.35. The summed E-state index contributed by atoms with van der Waals surface area (Å²) in [6, 6.07) is 15.0. The highest BCUT2D eigenvalue weighted by Gasteiger charge is 2.59. The Morgan fingerprint density at radius 2 is 1.34 bits per heavy atom. The normalized spacial score (nSPS) is 27.5. The van der Waals surface area contributed by atoms with E-state index in [2.05, 4.69) is 20.8 Å². The molecule has 2 atom stereocenters. The monoisotopic (exact) mass is 606 g/mol. The minimum Gasteiger partial charge on any atom is -0.508 e. The SMILES string of the molecule is CC(C)C(=O)OC12CC3CC(CC(O)(C3)C1)C2.CCc1ccc(C(=O)OC2(CC)CCCC2)cc1.CCc1ccc(O)cc1. The lowest BCUT2D eigenvalue weighted by Crippen LogP contribution is -2.60. The van der Waals surface area contributed by atoms with Crippen molar-refractivity contribution in [1.29, 1.82) is 0 Å². The molecule has 4 bridgehead atoms. The van der Waals surface area contributed by atoms with Gasteiger partial charge in [0.25, 0.3) is 0 Å². The van der Waals surface area contributed by atoms with Crippen LogP contribution in [0.1, 0.15) is 127 Å². The van der Waals surface area contributed by atoms with Gasteiger partial charge in [-0.05, 0) is 124 Å². The average molecular weight is 607 g/mol. The van der Waals surface area contributed by atoms with Gasteiger partial charge >= 0.3 is 11.9 Å². The fraction of sp³-hybridized carbons (Fsp3) is 0.632. The van der Waals surface area contributed by atoms with Crippen molar-refractivity contribution in [3.63, 3.8) is 0 Å². The predicted molar refractivity (Wildman–Crippen MR) is 174 cm³/mol. The number of carbonyl (C=O) groups excluding carboxylic acids is 2. The van der Waals surface area contributed by atoms with E-state index in [9.17, 15) is 14.7 Å². The highest BCUT2D eigenvalue weighted by molar-refractivity contribution is 5.89. The largest absolute Gasteiger partial charge is 0.508 e. The number of phenols is 1. The first kappa shape index (κ1) is 34.0. The third-order valence-corrected chi connectivity index (χ3v) is 10.2. The standard InChI is InChI=1S/C16H22O2.C14H22O3.C8H10O/c1-3-13-7-9-14(10-8-13)15(17)18-16(4-2)11-5-6-12-16;1-9(2)12(15)17-14-6-10-3-11(7-14)5-13(16,4-10)8-14;1-2-7-3-5-8(9)6-4-7/h7-10H,3-6,11-12H2,1-2H3;9-11,16H,3-8H2,1-2H3;3-6,9H,2H2,1H3. The molecule has 5 fully saturated rings. The summed E-state index contributed by atoms with van der Waals surface area (Å²) < 4.78 is 11.5. The third kappa shape index (κ3) is 8.65. The van der Waals surface area contributed by atoms with Gasteiger partial charge in [0, 0.05) is 6.42 Å². The molecule has 44 heavy (non-hydrogen) atoms. The quantitative estimate of drug-likeness (QED) is 0.308. The summed E-state index contributed by atoms with van der Waals surface area (Å²) in [5, 5.41) is 19.4. The Kier molecular flexibility index (Phi) is 11.2. The molecule has 0 saturated heterocycles.